The molecule has 18 heavy (non-hydrogen) atoms. The average Bonchev–Trinajstić information content (AvgIpc) is 3.03. The second-order valence-corrected chi connectivity index (χ2v) is 4.80. The average molecular weight is 254 g/mol. The number of hydrogen-bond donors (Lipinski definition) is 0. The molecule has 1 fully saturated rings. The van der Waals surface area contributed by atoms with Crippen molar-refractivity contribution in [3.8, 4) is 0 Å². The number of hydrogen-bond acceptors (Lipinski definition) is 2. The van der Waals surface area contributed by atoms with Crippen LogP contribution in [0.3, 0.4) is 0 Å². The minimum absolute atomic E-state index is 0.145. The summed E-state index contributed by atoms with van der Waals surface area (Å²) in [6, 6.07) is 6.98. The standard InChI is InChI=1S/C13H13F3N2/c1-8-2-4-9(5-3-8)10-11-12(13(14,15)16)17-6-7-18(10)11/h2-5,10-11H,6-7H2,1H3/t10-,11+,18?/m1/s1. The zero-order valence-electron chi connectivity index (χ0n) is 9.91. The third-order valence-electron chi connectivity index (χ3n) is 3.55. The van der Waals surface area contributed by atoms with E-state index in [4.69, 9.17) is 0 Å². The number of alkyl halides is 3. The fourth-order valence-corrected chi connectivity index (χ4v) is 2.63. The maximum Gasteiger partial charge on any atom is 0.430 e. The van der Waals surface area contributed by atoms with Crippen LogP contribution in [0.15, 0.2) is 29.3 Å². The highest BCUT2D eigenvalue weighted by atomic mass is 19.4. The molecular weight excluding hydrogens is 241 g/mol. The van der Waals surface area contributed by atoms with Gasteiger partial charge in [0.2, 0.25) is 0 Å². The third-order valence-corrected chi connectivity index (χ3v) is 3.55. The van der Waals surface area contributed by atoms with Gasteiger partial charge in [-0.3, -0.25) is 9.89 Å². The van der Waals surface area contributed by atoms with Gasteiger partial charge in [-0.05, 0) is 12.5 Å². The van der Waals surface area contributed by atoms with Crippen molar-refractivity contribution < 1.29 is 13.2 Å². The Labute approximate surface area is 103 Å². The Morgan fingerprint density at radius 2 is 1.83 bits per heavy atom. The van der Waals surface area contributed by atoms with Gasteiger partial charge in [-0.2, -0.15) is 13.2 Å². The Morgan fingerprint density at radius 1 is 1.17 bits per heavy atom. The van der Waals surface area contributed by atoms with Crippen LogP contribution in [0.5, 0.6) is 0 Å². The molecular formula is C13H13F3N2. The molecule has 3 rings (SSSR count). The van der Waals surface area contributed by atoms with Crippen molar-refractivity contribution in [2.75, 3.05) is 13.1 Å². The smallest absolute Gasteiger partial charge is 0.282 e. The van der Waals surface area contributed by atoms with Crippen molar-refractivity contribution in [3.05, 3.63) is 35.4 Å². The number of rotatable bonds is 1. The number of halogens is 3. The molecule has 0 aliphatic carbocycles. The molecule has 2 nitrogen and oxygen atoms in total. The Hall–Kier alpha value is -1.36. The summed E-state index contributed by atoms with van der Waals surface area (Å²) in [5, 5.41) is 0. The van der Waals surface area contributed by atoms with Crippen LogP contribution < -0.4 is 0 Å². The normalized spacial score (nSPS) is 30.7. The van der Waals surface area contributed by atoms with E-state index in [1.165, 1.54) is 0 Å². The SMILES string of the molecule is Cc1ccc([C@@H]2[C@H]3C(C(F)(F)F)=NCCN32)cc1. The summed E-state index contributed by atoms with van der Waals surface area (Å²) in [5.41, 5.74) is 1.45. The van der Waals surface area contributed by atoms with E-state index in [0.29, 0.717) is 6.54 Å². The molecule has 3 atom stereocenters. The summed E-state index contributed by atoms with van der Waals surface area (Å²) in [6.07, 6.45) is -4.30. The Kier molecular flexibility index (Phi) is 2.48. The fourth-order valence-electron chi connectivity index (χ4n) is 2.63. The molecule has 0 saturated carbocycles. The second kappa shape index (κ2) is 3.82. The largest absolute Gasteiger partial charge is 0.430 e. The lowest BCUT2D eigenvalue weighted by Gasteiger charge is -2.14. The van der Waals surface area contributed by atoms with E-state index >= 15 is 0 Å². The van der Waals surface area contributed by atoms with Crippen LogP contribution in [-0.4, -0.2) is 35.9 Å². The van der Waals surface area contributed by atoms with Gasteiger partial charge in [0.25, 0.3) is 0 Å². The highest BCUT2D eigenvalue weighted by molar-refractivity contribution is 5.98. The molecule has 2 heterocycles. The zero-order valence-corrected chi connectivity index (χ0v) is 9.91. The molecule has 1 saturated heterocycles. The van der Waals surface area contributed by atoms with Gasteiger partial charge >= 0.3 is 6.18 Å². The summed E-state index contributed by atoms with van der Waals surface area (Å²) in [6.45, 7) is 2.82. The van der Waals surface area contributed by atoms with Gasteiger partial charge < -0.3 is 0 Å². The van der Waals surface area contributed by atoms with E-state index in [1.54, 1.807) is 0 Å². The van der Waals surface area contributed by atoms with Gasteiger partial charge in [0.05, 0.1) is 18.6 Å². The molecule has 1 aromatic rings. The second-order valence-electron chi connectivity index (χ2n) is 4.80. The fraction of sp³-hybridized carbons (Fsp3) is 0.462. The summed E-state index contributed by atoms with van der Waals surface area (Å²) in [7, 11) is 0. The van der Waals surface area contributed by atoms with Crippen LogP contribution in [0.4, 0.5) is 13.2 Å². The van der Waals surface area contributed by atoms with Crippen LogP contribution in [0.1, 0.15) is 17.2 Å². The van der Waals surface area contributed by atoms with E-state index in [2.05, 4.69) is 4.99 Å². The van der Waals surface area contributed by atoms with E-state index in [0.717, 1.165) is 11.1 Å². The number of benzene rings is 1. The molecule has 0 amide bonds. The van der Waals surface area contributed by atoms with Gasteiger partial charge in [-0.25, -0.2) is 0 Å². The van der Waals surface area contributed by atoms with Crippen LogP contribution in [0, 0.1) is 6.92 Å². The highest BCUT2D eigenvalue weighted by Gasteiger charge is 2.59. The highest BCUT2D eigenvalue weighted by Crippen LogP contribution is 2.47. The first kappa shape index (κ1) is 11.7. The van der Waals surface area contributed by atoms with Gasteiger partial charge in [0.15, 0.2) is 0 Å². The lowest BCUT2D eigenvalue weighted by molar-refractivity contribution is -0.0613. The van der Waals surface area contributed by atoms with Crippen molar-refractivity contribution in [1.82, 2.24) is 4.90 Å². The predicted molar refractivity (Wildman–Crippen MR) is 62.8 cm³/mol. The Balaban J connectivity index is 1.87. The quantitative estimate of drug-likeness (QED) is 0.703. The first-order chi connectivity index (χ1) is 8.48. The number of nitrogens with zero attached hydrogens (tertiary/aromatic N) is 2. The van der Waals surface area contributed by atoms with Gasteiger partial charge in [-0.15, -0.1) is 0 Å². The van der Waals surface area contributed by atoms with Gasteiger partial charge in [0.1, 0.15) is 5.71 Å². The monoisotopic (exact) mass is 254 g/mol. The van der Waals surface area contributed by atoms with Crippen LogP contribution in [-0.2, 0) is 0 Å². The van der Waals surface area contributed by atoms with E-state index in [1.807, 2.05) is 36.1 Å². The maximum atomic E-state index is 12.8. The maximum absolute atomic E-state index is 12.8. The van der Waals surface area contributed by atoms with E-state index < -0.39 is 17.9 Å². The first-order valence-corrected chi connectivity index (χ1v) is 5.92. The van der Waals surface area contributed by atoms with Gasteiger partial charge in [-0.1, -0.05) is 29.8 Å². The van der Waals surface area contributed by atoms with Crippen LogP contribution >= 0.6 is 0 Å². The Morgan fingerprint density at radius 3 is 2.44 bits per heavy atom. The van der Waals surface area contributed by atoms with Crippen molar-refractivity contribution in [2.24, 2.45) is 4.99 Å². The molecule has 2 aliphatic rings. The Bertz CT molecular complexity index is 490. The predicted octanol–water partition coefficient (Wildman–Crippen LogP) is 2.74. The summed E-state index contributed by atoms with van der Waals surface area (Å²) >= 11 is 0. The molecule has 96 valence electrons. The minimum atomic E-state index is -4.30. The molecule has 5 heteroatoms. The molecule has 1 unspecified atom stereocenters. The molecule has 0 aromatic heterocycles. The molecule has 0 radical (unpaired) electrons. The molecule has 0 N–H and O–H groups in total. The van der Waals surface area contributed by atoms with Crippen LogP contribution in [0.2, 0.25) is 0 Å². The van der Waals surface area contributed by atoms with E-state index in [9.17, 15) is 13.2 Å². The summed E-state index contributed by atoms with van der Waals surface area (Å²) in [5.74, 6) is 0. The van der Waals surface area contributed by atoms with E-state index in [-0.39, 0.29) is 12.6 Å². The number of aryl methyl sites for hydroxylation is 1. The van der Waals surface area contributed by atoms with Crippen molar-refractivity contribution in [1.29, 1.82) is 0 Å². The van der Waals surface area contributed by atoms with Crippen LogP contribution in [0.25, 0.3) is 0 Å². The minimum Gasteiger partial charge on any atom is -0.282 e. The van der Waals surface area contributed by atoms with Gasteiger partial charge in [0, 0.05) is 6.54 Å². The third kappa shape index (κ3) is 1.82. The molecule has 0 bridgehead atoms. The molecule has 0 spiro atoms. The number of fused-ring (bicyclic) bond motifs is 1. The summed E-state index contributed by atoms with van der Waals surface area (Å²) in [4.78, 5) is 5.53. The zero-order chi connectivity index (χ0) is 12.9. The lowest BCUT2D eigenvalue weighted by Crippen LogP contribution is -2.34. The van der Waals surface area contributed by atoms with Crippen molar-refractivity contribution >= 4 is 5.71 Å². The lowest BCUT2D eigenvalue weighted by atomic mass is 10.1. The number of aliphatic imine (C=N–C) groups is 1. The summed E-state index contributed by atoms with van der Waals surface area (Å²) < 4.78 is 38.4. The molecule has 1 aromatic carbocycles. The molecule has 2 aliphatic heterocycles. The van der Waals surface area contributed by atoms with Crippen molar-refractivity contribution in [3.63, 3.8) is 0 Å². The topological polar surface area (TPSA) is 15.4 Å². The van der Waals surface area contributed by atoms with Crippen molar-refractivity contribution in [2.45, 2.75) is 25.2 Å². The first-order valence-electron chi connectivity index (χ1n) is 5.92.